The van der Waals surface area contributed by atoms with Crippen molar-refractivity contribution in [2.24, 2.45) is 4.99 Å². The molecule has 1 heterocycles. The lowest BCUT2D eigenvalue weighted by molar-refractivity contribution is 0.682. The molecule has 0 aromatic heterocycles. The zero-order chi connectivity index (χ0) is 12.5. The molecule has 0 atom stereocenters. The van der Waals surface area contributed by atoms with Crippen LogP contribution in [0.2, 0.25) is 0 Å². The van der Waals surface area contributed by atoms with Crippen LogP contribution in [0.5, 0.6) is 0 Å². The SMILES string of the molecule is Cc1cc(NC2=NCCN2)c2c(c1C)CCCC2. The Morgan fingerprint density at radius 3 is 2.67 bits per heavy atom. The zero-order valence-electron chi connectivity index (χ0n) is 11.3. The van der Waals surface area contributed by atoms with Gasteiger partial charge < -0.3 is 10.6 Å². The van der Waals surface area contributed by atoms with Crippen molar-refractivity contribution in [3.63, 3.8) is 0 Å². The summed E-state index contributed by atoms with van der Waals surface area (Å²) in [6.45, 7) is 6.30. The Morgan fingerprint density at radius 2 is 1.94 bits per heavy atom. The summed E-state index contributed by atoms with van der Waals surface area (Å²) in [6, 6.07) is 2.28. The predicted molar refractivity (Wildman–Crippen MR) is 76.5 cm³/mol. The first-order valence-corrected chi connectivity index (χ1v) is 6.93. The topological polar surface area (TPSA) is 36.4 Å². The average Bonchev–Trinajstić information content (AvgIpc) is 2.89. The predicted octanol–water partition coefficient (Wildman–Crippen LogP) is 2.55. The van der Waals surface area contributed by atoms with Crippen LogP contribution in [0.15, 0.2) is 11.1 Å². The molecule has 0 unspecified atom stereocenters. The fourth-order valence-electron chi connectivity index (χ4n) is 2.99. The van der Waals surface area contributed by atoms with Crippen LogP contribution in [0.1, 0.15) is 35.1 Å². The summed E-state index contributed by atoms with van der Waals surface area (Å²) in [5, 5.41) is 6.76. The minimum atomic E-state index is 0.884. The molecule has 0 radical (unpaired) electrons. The van der Waals surface area contributed by atoms with E-state index in [1.807, 2.05) is 0 Å². The molecule has 0 amide bonds. The van der Waals surface area contributed by atoms with Crippen LogP contribution in [0.25, 0.3) is 0 Å². The third-order valence-corrected chi connectivity index (χ3v) is 4.13. The lowest BCUT2D eigenvalue weighted by Gasteiger charge is -2.24. The van der Waals surface area contributed by atoms with E-state index in [4.69, 9.17) is 0 Å². The fourth-order valence-corrected chi connectivity index (χ4v) is 2.99. The molecule has 0 spiro atoms. The minimum absolute atomic E-state index is 0.884. The molecule has 0 saturated carbocycles. The van der Waals surface area contributed by atoms with Crippen molar-refractivity contribution in [3.05, 3.63) is 28.3 Å². The molecular formula is C15H21N3. The van der Waals surface area contributed by atoms with Crippen LogP contribution >= 0.6 is 0 Å². The van der Waals surface area contributed by atoms with Gasteiger partial charge >= 0.3 is 0 Å². The number of aryl methyl sites for hydroxylation is 1. The van der Waals surface area contributed by atoms with Crippen LogP contribution < -0.4 is 10.6 Å². The maximum Gasteiger partial charge on any atom is 0.195 e. The van der Waals surface area contributed by atoms with Gasteiger partial charge in [-0.15, -0.1) is 0 Å². The minimum Gasteiger partial charge on any atom is -0.354 e. The van der Waals surface area contributed by atoms with Gasteiger partial charge in [-0.2, -0.15) is 0 Å². The highest BCUT2D eigenvalue weighted by Crippen LogP contribution is 2.32. The maximum atomic E-state index is 4.43. The molecule has 0 bridgehead atoms. The molecule has 1 aliphatic carbocycles. The highest BCUT2D eigenvalue weighted by atomic mass is 15.2. The van der Waals surface area contributed by atoms with E-state index < -0.39 is 0 Å². The van der Waals surface area contributed by atoms with E-state index in [9.17, 15) is 0 Å². The van der Waals surface area contributed by atoms with Crippen molar-refractivity contribution in [1.29, 1.82) is 0 Å². The molecular weight excluding hydrogens is 222 g/mol. The second-order valence-electron chi connectivity index (χ2n) is 5.31. The monoisotopic (exact) mass is 243 g/mol. The van der Waals surface area contributed by atoms with Crippen molar-refractivity contribution < 1.29 is 0 Å². The summed E-state index contributed by atoms with van der Waals surface area (Å²) in [5.74, 6) is 0.936. The summed E-state index contributed by atoms with van der Waals surface area (Å²) in [4.78, 5) is 4.43. The zero-order valence-corrected chi connectivity index (χ0v) is 11.3. The van der Waals surface area contributed by atoms with Crippen LogP contribution in [0, 0.1) is 13.8 Å². The Balaban J connectivity index is 2.00. The molecule has 0 saturated heterocycles. The number of benzene rings is 1. The Labute approximate surface area is 109 Å². The van der Waals surface area contributed by atoms with Gasteiger partial charge in [-0.05, 0) is 67.9 Å². The van der Waals surface area contributed by atoms with Crippen molar-refractivity contribution in [1.82, 2.24) is 5.32 Å². The van der Waals surface area contributed by atoms with E-state index in [-0.39, 0.29) is 0 Å². The van der Waals surface area contributed by atoms with Crippen molar-refractivity contribution in [3.8, 4) is 0 Å². The molecule has 3 nitrogen and oxygen atoms in total. The number of hydrogen-bond acceptors (Lipinski definition) is 3. The number of nitrogens with one attached hydrogen (secondary N) is 2. The number of hydrogen-bond donors (Lipinski definition) is 2. The standard InChI is InChI=1S/C15H21N3/c1-10-9-14(18-15-16-7-8-17-15)13-6-4-3-5-12(13)11(10)2/h9H,3-8H2,1-2H3,(H2,16,17,18). The van der Waals surface area contributed by atoms with Gasteiger partial charge in [0.05, 0.1) is 6.54 Å². The number of aliphatic imine (C=N–C) groups is 1. The number of guanidine groups is 1. The molecule has 1 aliphatic heterocycles. The highest BCUT2D eigenvalue weighted by Gasteiger charge is 2.18. The fraction of sp³-hybridized carbons (Fsp3) is 0.533. The Kier molecular flexibility index (Phi) is 2.98. The number of anilines is 1. The summed E-state index contributed by atoms with van der Waals surface area (Å²) >= 11 is 0. The van der Waals surface area contributed by atoms with Gasteiger partial charge in [-0.3, -0.25) is 4.99 Å². The third kappa shape index (κ3) is 1.98. The summed E-state index contributed by atoms with van der Waals surface area (Å²) in [7, 11) is 0. The van der Waals surface area contributed by atoms with E-state index in [1.165, 1.54) is 48.1 Å². The normalized spacial score (nSPS) is 18.0. The first-order chi connectivity index (χ1) is 8.75. The molecule has 1 aromatic rings. The first-order valence-electron chi connectivity index (χ1n) is 6.93. The van der Waals surface area contributed by atoms with E-state index in [0.717, 1.165) is 19.0 Å². The Morgan fingerprint density at radius 1 is 1.17 bits per heavy atom. The lowest BCUT2D eigenvalue weighted by Crippen LogP contribution is -2.27. The molecule has 3 rings (SSSR count). The maximum absolute atomic E-state index is 4.43. The quantitative estimate of drug-likeness (QED) is 0.795. The highest BCUT2D eigenvalue weighted by molar-refractivity contribution is 5.95. The van der Waals surface area contributed by atoms with Crippen LogP contribution in [0.3, 0.4) is 0 Å². The third-order valence-electron chi connectivity index (χ3n) is 4.13. The van der Waals surface area contributed by atoms with Crippen LogP contribution in [0.4, 0.5) is 5.69 Å². The van der Waals surface area contributed by atoms with Gasteiger partial charge in [-0.25, -0.2) is 0 Å². The molecule has 96 valence electrons. The van der Waals surface area contributed by atoms with Gasteiger partial charge in [0.25, 0.3) is 0 Å². The van der Waals surface area contributed by atoms with Gasteiger partial charge in [-0.1, -0.05) is 0 Å². The Bertz CT molecular complexity index is 503. The van der Waals surface area contributed by atoms with Crippen molar-refractivity contribution in [2.45, 2.75) is 39.5 Å². The van der Waals surface area contributed by atoms with Gasteiger partial charge in [0, 0.05) is 12.2 Å². The van der Waals surface area contributed by atoms with Gasteiger partial charge in [0.1, 0.15) is 0 Å². The van der Waals surface area contributed by atoms with E-state index in [2.05, 4.69) is 35.5 Å². The van der Waals surface area contributed by atoms with E-state index in [1.54, 1.807) is 5.56 Å². The number of fused-ring (bicyclic) bond motifs is 1. The summed E-state index contributed by atoms with van der Waals surface area (Å²) in [5.41, 5.74) is 7.22. The van der Waals surface area contributed by atoms with Crippen molar-refractivity contribution >= 4 is 11.6 Å². The molecule has 0 fully saturated rings. The van der Waals surface area contributed by atoms with E-state index in [0.29, 0.717) is 0 Å². The van der Waals surface area contributed by atoms with Crippen molar-refractivity contribution in [2.75, 3.05) is 18.4 Å². The molecule has 1 aromatic carbocycles. The van der Waals surface area contributed by atoms with Gasteiger partial charge in [0.15, 0.2) is 5.96 Å². The number of rotatable bonds is 1. The Hall–Kier alpha value is -1.51. The van der Waals surface area contributed by atoms with E-state index >= 15 is 0 Å². The first kappa shape index (κ1) is 11.6. The lowest BCUT2D eigenvalue weighted by atomic mass is 9.85. The van der Waals surface area contributed by atoms with Crippen LogP contribution in [-0.2, 0) is 12.8 Å². The molecule has 2 N–H and O–H groups in total. The summed E-state index contributed by atoms with van der Waals surface area (Å²) in [6.07, 6.45) is 5.07. The molecule has 2 aliphatic rings. The second-order valence-corrected chi connectivity index (χ2v) is 5.31. The van der Waals surface area contributed by atoms with Gasteiger partial charge in [0.2, 0.25) is 0 Å². The average molecular weight is 243 g/mol. The van der Waals surface area contributed by atoms with Crippen LogP contribution in [-0.4, -0.2) is 19.0 Å². The molecule has 3 heteroatoms. The number of nitrogens with zero attached hydrogens (tertiary/aromatic N) is 1. The summed E-state index contributed by atoms with van der Waals surface area (Å²) < 4.78 is 0. The second kappa shape index (κ2) is 4.63. The smallest absolute Gasteiger partial charge is 0.195 e. The molecule has 18 heavy (non-hydrogen) atoms. The largest absolute Gasteiger partial charge is 0.354 e.